The number of esters is 1. The molecule has 0 aromatic heterocycles. The molecule has 0 radical (unpaired) electrons. The van der Waals surface area contributed by atoms with Crippen LogP contribution in [0.25, 0.3) is 5.57 Å². The number of hydrogen-bond acceptors (Lipinski definition) is 2. The monoisotopic (exact) mass is 352 g/mol. The molecule has 0 amide bonds. The largest absolute Gasteiger partial charge is 0.430 e. The molecule has 2 aromatic rings. The van der Waals surface area contributed by atoms with E-state index in [0.29, 0.717) is 25.0 Å². The number of benzene rings is 2. The topological polar surface area (TPSA) is 26.3 Å². The molecule has 2 unspecified atom stereocenters. The molecule has 0 heterocycles. The molecule has 2 atom stereocenters. The first-order chi connectivity index (χ1) is 12.2. The quantitative estimate of drug-likeness (QED) is 0.378. The Morgan fingerprint density at radius 2 is 1.76 bits per heavy atom. The number of allylic oxidation sites excluding steroid dienone is 3. The molecule has 0 N–H and O–H groups in total. The first-order valence-electron chi connectivity index (χ1n) is 8.48. The van der Waals surface area contributed by atoms with Gasteiger partial charge < -0.3 is 4.74 Å². The van der Waals surface area contributed by atoms with E-state index in [1.54, 1.807) is 6.08 Å². The number of hydrogen-bond donors (Lipinski definition) is 0. The normalized spacial score (nSPS) is 18.0. The fourth-order valence-corrected chi connectivity index (χ4v) is 3.46. The Balaban J connectivity index is 1.85. The van der Waals surface area contributed by atoms with Gasteiger partial charge in [0.25, 0.3) is 0 Å². The lowest BCUT2D eigenvalue weighted by Crippen LogP contribution is -2.15. The average molecular weight is 353 g/mol. The van der Waals surface area contributed by atoms with Gasteiger partial charge in [-0.05, 0) is 29.5 Å². The Morgan fingerprint density at radius 1 is 1.12 bits per heavy atom. The highest BCUT2D eigenvalue weighted by atomic mass is 35.5. The van der Waals surface area contributed by atoms with Crippen LogP contribution in [0.2, 0.25) is 0 Å². The number of carbonyl (C=O) groups excluding carboxylic acids is 1. The maximum atomic E-state index is 12.8. The Labute approximate surface area is 153 Å². The maximum Gasteiger partial charge on any atom is 0.318 e. The van der Waals surface area contributed by atoms with Gasteiger partial charge in [-0.2, -0.15) is 0 Å². The van der Waals surface area contributed by atoms with Crippen molar-refractivity contribution in [3.63, 3.8) is 0 Å². The molecule has 2 nitrogen and oxygen atoms in total. The second-order valence-electron chi connectivity index (χ2n) is 6.18. The minimum atomic E-state index is -0.349. The lowest BCUT2D eigenvalue weighted by atomic mass is 9.96. The van der Waals surface area contributed by atoms with Crippen molar-refractivity contribution in [1.82, 2.24) is 0 Å². The Kier molecular flexibility index (Phi) is 5.72. The highest BCUT2D eigenvalue weighted by Crippen LogP contribution is 2.38. The summed E-state index contributed by atoms with van der Waals surface area (Å²) in [6, 6.07) is 19.7. The number of alkyl halides is 1. The molecule has 0 bridgehead atoms. The lowest BCUT2D eigenvalue weighted by Gasteiger charge is -2.16. The van der Waals surface area contributed by atoms with E-state index in [4.69, 9.17) is 16.3 Å². The molecule has 0 aliphatic heterocycles. The third-order valence-electron chi connectivity index (χ3n) is 4.40. The maximum absolute atomic E-state index is 12.8. The summed E-state index contributed by atoms with van der Waals surface area (Å²) in [5.41, 5.74) is 3.03. The summed E-state index contributed by atoms with van der Waals surface area (Å²) in [5.74, 6) is 0.0964. The zero-order valence-corrected chi connectivity index (χ0v) is 14.8. The van der Waals surface area contributed by atoms with Gasteiger partial charge in [0.15, 0.2) is 0 Å². The van der Waals surface area contributed by atoms with Gasteiger partial charge in [-0.1, -0.05) is 66.7 Å². The van der Waals surface area contributed by atoms with Crippen LogP contribution in [0.15, 0.2) is 79.1 Å². The van der Waals surface area contributed by atoms with Crippen LogP contribution in [-0.4, -0.2) is 11.3 Å². The van der Waals surface area contributed by atoms with Crippen molar-refractivity contribution in [2.45, 2.75) is 30.6 Å². The molecule has 1 aliphatic carbocycles. The van der Waals surface area contributed by atoms with Gasteiger partial charge in [0.1, 0.15) is 5.76 Å². The number of carbonyl (C=O) groups is 1. The van der Waals surface area contributed by atoms with Crippen molar-refractivity contribution < 1.29 is 9.53 Å². The van der Waals surface area contributed by atoms with Crippen LogP contribution < -0.4 is 0 Å². The minimum Gasteiger partial charge on any atom is -0.430 e. The van der Waals surface area contributed by atoms with Gasteiger partial charge in [-0.3, -0.25) is 4.79 Å². The highest BCUT2D eigenvalue weighted by Gasteiger charge is 2.29. The van der Waals surface area contributed by atoms with Crippen molar-refractivity contribution in [2.75, 3.05) is 0 Å². The summed E-state index contributed by atoms with van der Waals surface area (Å²) in [6.07, 6.45) is 3.59. The molecule has 0 fully saturated rings. The van der Waals surface area contributed by atoms with Crippen LogP contribution in [0.3, 0.4) is 0 Å². The summed E-state index contributed by atoms with van der Waals surface area (Å²) >= 11 is 6.34. The number of ether oxygens (including phenoxy) is 1. The molecule has 0 saturated heterocycles. The summed E-state index contributed by atoms with van der Waals surface area (Å²) in [6.45, 7) is 3.77. The second kappa shape index (κ2) is 8.17. The zero-order chi connectivity index (χ0) is 17.6. The molecule has 3 heteroatoms. The molecule has 25 heavy (non-hydrogen) atoms. The lowest BCUT2D eigenvalue weighted by molar-refractivity contribution is -0.141. The molecular weight excluding hydrogens is 332 g/mol. The van der Waals surface area contributed by atoms with E-state index in [9.17, 15) is 4.79 Å². The Morgan fingerprint density at radius 3 is 2.40 bits per heavy atom. The van der Waals surface area contributed by atoms with Crippen LogP contribution in [0, 0.1) is 0 Å². The van der Waals surface area contributed by atoms with Crippen molar-refractivity contribution in [1.29, 1.82) is 0 Å². The highest BCUT2D eigenvalue weighted by molar-refractivity contribution is 6.22. The molecule has 0 spiro atoms. The standard InChI is InChI=1S/C22H21ClO2/c1-2-9-19(16-10-5-3-6-11-16)22(24)25-21-15-18(23)14-20(21)17-12-7-4-8-13-17/h2-8,10-13,18-19H,1,9,14-15H2. The second-order valence-corrected chi connectivity index (χ2v) is 6.80. The molecule has 2 aromatic carbocycles. The molecule has 128 valence electrons. The smallest absolute Gasteiger partial charge is 0.318 e. The van der Waals surface area contributed by atoms with Crippen molar-refractivity contribution >= 4 is 23.1 Å². The van der Waals surface area contributed by atoms with Gasteiger partial charge in [-0.25, -0.2) is 0 Å². The van der Waals surface area contributed by atoms with Crippen LogP contribution in [-0.2, 0) is 9.53 Å². The van der Waals surface area contributed by atoms with Gasteiger partial charge in [0, 0.05) is 11.8 Å². The molecular formula is C22H21ClO2. The van der Waals surface area contributed by atoms with Crippen LogP contribution in [0.4, 0.5) is 0 Å². The third-order valence-corrected chi connectivity index (χ3v) is 4.71. The van der Waals surface area contributed by atoms with E-state index in [0.717, 1.165) is 16.7 Å². The van der Waals surface area contributed by atoms with Crippen LogP contribution in [0.5, 0.6) is 0 Å². The minimum absolute atomic E-state index is 0.0346. The summed E-state index contributed by atoms with van der Waals surface area (Å²) in [7, 11) is 0. The summed E-state index contributed by atoms with van der Waals surface area (Å²) < 4.78 is 5.83. The first-order valence-corrected chi connectivity index (χ1v) is 8.91. The first kappa shape index (κ1) is 17.5. The van der Waals surface area contributed by atoms with E-state index < -0.39 is 0 Å². The van der Waals surface area contributed by atoms with E-state index in [1.807, 2.05) is 60.7 Å². The fourth-order valence-electron chi connectivity index (χ4n) is 3.17. The van der Waals surface area contributed by atoms with Gasteiger partial charge in [0.2, 0.25) is 0 Å². The van der Waals surface area contributed by atoms with Gasteiger partial charge in [-0.15, -0.1) is 18.2 Å². The summed E-state index contributed by atoms with van der Waals surface area (Å²) in [4.78, 5) is 12.8. The van der Waals surface area contributed by atoms with Gasteiger partial charge >= 0.3 is 5.97 Å². The number of rotatable bonds is 6. The van der Waals surface area contributed by atoms with Gasteiger partial charge in [0.05, 0.1) is 5.92 Å². The van der Waals surface area contributed by atoms with Crippen LogP contribution in [0.1, 0.15) is 36.3 Å². The van der Waals surface area contributed by atoms with E-state index in [2.05, 4.69) is 6.58 Å². The van der Waals surface area contributed by atoms with E-state index >= 15 is 0 Å². The molecule has 3 rings (SSSR count). The van der Waals surface area contributed by atoms with Crippen molar-refractivity contribution in [3.8, 4) is 0 Å². The fraction of sp³-hybridized carbons (Fsp3) is 0.227. The Bertz CT molecular complexity index is 765. The molecule has 0 saturated carbocycles. The molecule has 1 aliphatic rings. The van der Waals surface area contributed by atoms with E-state index in [1.165, 1.54) is 0 Å². The van der Waals surface area contributed by atoms with E-state index in [-0.39, 0.29) is 17.3 Å². The average Bonchev–Trinajstić information content (AvgIpc) is 3.01. The predicted molar refractivity (Wildman–Crippen MR) is 102 cm³/mol. The van der Waals surface area contributed by atoms with Crippen LogP contribution >= 0.6 is 11.6 Å². The number of halogens is 1. The zero-order valence-electron chi connectivity index (χ0n) is 14.0. The Hall–Kier alpha value is -2.32. The SMILES string of the molecule is C=CCC(C(=O)OC1=C(c2ccccc2)CC(Cl)C1)c1ccccc1. The van der Waals surface area contributed by atoms with Crippen molar-refractivity contribution in [2.24, 2.45) is 0 Å². The summed E-state index contributed by atoms with van der Waals surface area (Å²) in [5, 5.41) is -0.0346. The van der Waals surface area contributed by atoms with Crippen molar-refractivity contribution in [3.05, 3.63) is 90.2 Å². The third kappa shape index (κ3) is 4.21. The predicted octanol–water partition coefficient (Wildman–Crippen LogP) is 5.70.